The number of ketones is 1. The summed E-state index contributed by atoms with van der Waals surface area (Å²) in [4.78, 5) is 41.0. The molecule has 0 radical (unpaired) electrons. The molecule has 11 heteroatoms. The fourth-order valence-corrected chi connectivity index (χ4v) is 6.57. The van der Waals surface area contributed by atoms with Crippen LogP contribution in [0, 0.1) is 17.8 Å². The minimum Gasteiger partial charge on any atom is -0.459 e. The first-order valence-electron chi connectivity index (χ1n) is 15.3. The van der Waals surface area contributed by atoms with E-state index in [1.54, 1.807) is 41.5 Å². The SMILES string of the molecule is CC[C@H]1OC(=O)[C@H](C)[C@@H](O)[C@H](C)[C@@H](O[C@@H]2O[C@H](C)C[C@H](N(C)C)[C@H]2OC(C)=O)[C@@](C)(OC)C[C@@H](C)C(=O)/C(C)=C/[C@]1(C)O. The second-order valence-corrected chi connectivity index (χ2v) is 13.2. The number of aliphatic hydroxyl groups is 2. The van der Waals surface area contributed by atoms with Crippen LogP contribution in [0.5, 0.6) is 0 Å². The predicted molar refractivity (Wildman–Crippen MR) is 160 cm³/mol. The summed E-state index contributed by atoms with van der Waals surface area (Å²) in [5.74, 6) is -3.71. The Bertz CT molecular complexity index is 1010. The van der Waals surface area contributed by atoms with Crippen LogP contribution in [0.1, 0.15) is 81.6 Å². The molecule has 2 heterocycles. The number of nitrogens with zero attached hydrogens (tertiary/aromatic N) is 1. The van der Waals surface area contributed by atoms with Gasteiger partial charge < -0.3 is 38.8 Å². The molecule has 0 bridgehead atoms. The zero-order valence-electron chi connectivity index (χ0n) is 28.1. The molecule has 2 aliphatic heterocycles. The van der Waals surface area contributed by atoms with Gasteiger partial charge in [0.15, 0.2) is 18.2 Å². The number of hydrogen-bond acceptors (Lipinski definition) is 11. The van der Waals surface area contributed by atoms with Crippen molar-refractivity contribution >= 4 is 17.7 Å². The van der Waals surface area contributed by atoms with Gasteiger partial charge in [-0.25, -0.2) is 0 Å². The van der Waals surface area contributed by atoms with Gasteiger partial charge in [-0.1, -0.05) is 20.8 Å². The number of cyclic esters (lactones) is 1. The monoisotopic (exact) mass is 613 g/mol. The average Bonchev–Trinajstić information content (AvgIpc) is 2.92. The fourth-order valence-electron chi connectivity index (χ4n) is 6.57. The van der Waals surface area contributed by atoms with Crippen molar-refractivity contribution in [2.24, 2.45) is 17.8 Å². The number of allylic oxidation sites excluding steroid dienone is 1. The third-order valence-corrected chi connectivity index (χ3v) is 9.14. The second-order valence-electron chi connectivity index (χ2n) is 13.2. The van der Waals surface area contributed by atoms with Crippen molar-refractivity contribution in [1.82, 2.24) is 4.90 Å². The van der Waals surface area contributed by atoms with Crippen molar-refractivity contribution in [1.29, 1.82) is 0 Å². The van der Waals surface area contributed by atoms with Crippen molar-refractivity contribution in [3.63, 3.8) is 0 Å². The minimum atomic E-state index is -1.61. The molecular weight excluding hydrogens is 558 g/mol. The Balaban J connectivity index is 2.67. The highest BCUT2D eigenvalue weighted by atomic mass is 16.7. The Labute approximate surface area is 257 Å². The minimum absolute atomic E-state index is 0.186. The van der Waals surface area contributed by atoms with E-state index in [9.17, 15) is 24.6 Å². The Morgan fingerprint density at radius 3 is 2.28 bits per heavy atom. The van der Waals surface area contributed by atoms with E-state index < -0.39 is 71.6 Å². The van der Waals surface area contributed by atoms with E-state index in [-0.39, 0.29) is 24.3 Å². The molecule has 0 saturated carbocycles. The highest BCUT2D eigenvalue weighted by Crippen LogP contribution is 2.38. The number of ether oxygens (including phenoxy) is 5. The van der Waals surface area contributed by atoms with Crippen molar-refractivity contribution in [2.75, 3.05) is 21.2 Å². The summed E-state index contributed by atoms with van der Waals surface area (Å²) in [6, 6.07) is -0.217. The van der Waals surface area contributed by atoms with Gasteiger partial charge in [0, 0.05) is 25.9 Å². The van der Waals surface area contributed by atoms with Crippen LogP contribution in [0.3, 0.4) is 0 Å². The van der Waals surface area contributed by atoms with Crippen LogP contribution in [0.2, 0.25) is 0 Å². The maximum absolute atomic E-state index is 13.6. The van der Waals surface area contributed by atoms with Crippen LogP contribution in [-0.2, 0) is 38.1 Å². The lowest BCUT2D eigenvalue weighted by Gasteiger charge is -2.48. The van der Waals surface area contributed by atoms with Gasteiger partial charge in [0.1, 0.15) is 11.7 Å². The molecule has 0 aromatic heterocycles. The van der Waals surface area contributed by atoms with Crippen LogP contribution in [-0.4, -0.2) is 108 Å². The molecule has 2 N–H and O–H groups in total. The summed E-state index contributed by atoms with van der Waals surface area (Å²) in [7, 11) is 5.28. The molecule has 0 aromatic rings. The van der Waals surface area contributed by atoms with Gasteiger partial charge in [-0.2, -0.15) is 0 Å². The van der Waals surface area contributed by atoms with Crippen LogP contribution in [0.4, 0.5) is 0 Å². The first kappa shape index (κ1) is 37.3. The van der Waals surface area contributed by atoms with Crippen molar-refractivity contribution < 1.29 is 48.3 Å². The second kappa shape index (κ2) is 14.9. The summed E-state index contributed by atoms with van der Waals surface area (Å²) in [5, 5.41) is 22.8. The molecular formula is C32H55NO10. The molecule has 2 rings (SSSR count). The molecule has 43 heavy (non-hydrogen) atoms. The molecule has 1 fully saturated rings. The summed E-state index contributed by atoms with van der Waals surface area (Å²) >= 11 is 0. The van der Waals surface area contributed by atoms with E-state index in [0.29, 0.717) is 18.4 Å². The third kappa shape index (κ3) is 8.85. The highest BCUT2D eigenvalue weighted by molar-refractivity contribution is 5.96. The Morgan fingerprint density at radius 2 is 1.77 bits per heavy atom. The lowest BCUT2D eigenvalue weighted by molar-refractivity contribution is -0.303. The highest BCUT2D eigenvalue weighted by Gasteiger charge is 2.50. The molecule has 0 amide bonds. The zero-order chi connectivity index (χ0) is 33.0. The predicted octanol–water partition coefficient (Wildman–Crippen LogP) is 3.03. The summed E-state index contributed by atoms with van der Waals surface area (Å²) < 4.78 is 30.4. The number of carbonyl (C=O) groups is 3. The number of esters is 2. The van der Waals surface area contributed by atoms with Crippen LogP contribution in [0.25, 0.3) is 0 Å². The van der Waals surface area contributed by atoms with E-state index in [1.165, 1.54) is 27.0 Å². The molecule has 0 aromatic carbocycles. The lowest BCUT2D eigenvalue weighted by Crippen LogP contribution is -2.60. The summed E-state index contributed by atoms with van der Waals surface area (Å²) in [5.41, 5.74) is -2.45. The zero-order valence-corrected chi connectivity index (χ0v) is 28.1. The average molecular weight is 614 g/mol. The van der Waals surface area contributed by atoms with Gasteiger partial charge in [0.05, 0.1) is 35.9 Å². The number of likely N-dealkylation sites (N-methyl/N-ethyl adjacent to an activating group) is 1. The molecule has 12 atom stereocenters. The van der Waals surface area contributed by atoms with Gasteiger partial charge in [-0.05, 0) is 79.6 Å². The number of aliphatic hydroxyl groups excluding tert-OH is 1. The number of Topliss-reactive ketones (excluding diaryl/α,β-unsaturated/α-hetero) is 1. The summed E-state index contributed by atoms with van der Waals surface area (Å²) in [6.45, 7) is 15.0. The van der Waals surface area contributed by atoms with Gasteiger partial charge >= 0.3 is 11.9 Å². The third-order valence-electron chi connectivity index (χ3n) is 9.14. The number of methoxy groups -OCH3 is 1. The van der Waals surface area contributed by atoms with Crippen LogP contribution in [0.15, 0.2) is 11.6 Å². The standard InChI is InChI=1S/C32H55NO10/c1-13-24-31(8,38)15-17(2)25(35)18(3)16-32(9,39-12)28(20(5)26(36)21(6)29(37)42-24)43-30-27(41-22(7)34)23(33(10)11)14-19(4)40-30/h15,18-21,23-24,26-28,30,36,38H,13-14,16H2,1-12H3/b17-15+/t18-,19-,20+,21-,23+,24-,26+,27-,28-,30+,31+,32+/m1/s1. The van der Waals surface area contributed by atoms with E-state index in [4.69, 9.17) is 23.7 Å². The molecule has 0 aliphatic carbocycles. The first-order valence-corrected chi connectivity index (χ1v) is 15.3. The van der Waals surface area contributed by atoms with Crippen molar-refractivity contribution in [3.05, 3.63) is 11.6 Å². The Hall–Kier alpha value is -1.89. The molecule has 1 saturated heterocycles. The number of carbonyl (C=O) groups excluding carboxylic acids is 3. The normalized spacial score (nSPS) is 43.4. The van der Waals surface area contributed by atoms with Crippen molar-refractivity contribution in [2.45, 2.75) is 136 Å². The van der Waals surface area contributed by atoms with E-state index in [1.807, 2.05) is 25.9 Å². The lowest BCUT2D eigenvalue weighted by atomic mass is 9.76. The van der Waals surface area contributed by atoms with Crippen molar-refractivity contribution in [3.8, 4) is 0 Å². The van der Waals surface area contributed by atoms with Gasteiger partial charge in [-0.15, -0.1) is 0 Å². The van der Waals surface area contributed by atoms with Crippen LogP contribution < -0.4 is 0 Å². The maximum Gasteiger partial charge on any atom is 0.311 e. The fraction of sp³-hybridized carbons (Fsp3) is 0.844. The van der Waals surface area contributed by atoms with E-state index in [0.717, 1.165) is 0 Å². The van der Waals surface area contributed by atoms with Gasteiger partial charge in [0.2, 0.25) is 0 Å². The molecule has 248 valence electrons. The first-order chi connectivity index (χ1) is 19.8. The van der Waals surface area contributed by atoms with Gasteiger partial charge in [0.25, 0.3) is 0 Å². The van der Waals surface area contributed by atoms with Crippen LogP contribution >= 0.6 is 0 Å². The largest absolute Gasteiger partial charge is 0.459 e. The smallest absolute Gasteiger partial charge is 0.311 e. The Kier molecular flexibility index (Phi) is 12.9. The quantitative estimate of drug-likeness (QED) is 0.427. The molecule has 2 aliphatic rings. The van der Waals surface area contributed by atoms with E-state index in [2.05, 4.69) is 0 Å². The van der Waals surface area contributed by atoms with E-state index >= 15 is 0 Å². The van der Waals surface area contributed by atoms with Gasteiger partial charge in [-0.3, -0.25) is 14.4 Å². The number of rotatable bonds is 6. The number of hydrogen-bond donors (Lipinski definition) is 2. The molecule has 0 spiro atoms. The molecule has 11 nitrogen and oxygen atoms in total. The Morgan fingerprint density at radius 1 is 1.16 bits per heavy atom. The topological polar surface area (TPSA) is 141 Å². The summed E-state index contributed by atoms with van der Waals surface area (Å²) in [6.07, 6.45) is -2.68. The maximum atomic E-state index is 13.6. The molecule has 0 unspecified atom stereocenters.